The van der Waals surface area contributed by atoms with Gasteiger partial charge >= 0.3 is 0 Å². The molecule has 0 fully saturated rings. The van der Waals surface area contributed by atoms with Gasteiger partial charge in [0.25, 0.3) is 0 Å². The van der Waals surface area contributed by atoms with E-state index in [-0.39, 0.29) is 5.82 Å². The van der Waals surface area contributed by atoms with Gasteiger partial charge in [-0.05, 0) is 48.0 Å². The topological polar surface area (TPSA) is 22.1 Å². The van der Waals surface area contributed by atoms with Crippen molar-refractivity contribution < 1.29 is 9.13 Å². The van der Waals surface area contributed by atoms with Crippen LogP contribution in [0.2, 0.25) is 0 Å². The molecular weight excluding hydrogens is 357 g/mol. The summed E-state index contributed by atoms with van der Waals surface area (Å²) >= 11 is 1.74. The van der Waals surface area contributed by atoms with Crippen molar-refractivity contribution >= 4 is 22.7 Å². The van der Waals surface area contributed by atoms with Gasteiger partial charge in [-0.3, -0.25) is 4.98 Å². The number of nitrogens with zero attached hydrogens (tertiary/aromatic N) is 1. The zero-order chi connectivity index (χ0) is 18.5. The monoisotopic (exact) mass is 375 g/mol. The minimum absolute atomic E-state index is 0.330. The van der Waals surface area contributed by atoms with E-state index in [1.54, 1.807) is 30.1 Å². The summed E-state index contributed by atoms with van der Waals surface area (Å²) in [6, 6.07) is 25.5. The molecule has 4 rings (SSSR count). The van der Waals surface area contributed by atoms with Crippen LogP contribution in [0.15, 0.2) is 94.9 Å². The number of aromatic nitrogens is 1. The third-order valence-corrected chi connectivity index (χ3v) is 5.20. The molecule has 0 saturated carbocycles. The van der Waals surface area contributed by atoms with Gasteiger partial charge in [-0.25, -0.2) is 4.39 Å². The Labute approximate surface area is 162 Å². The molecule has 0 aliphatic carbocycles. The Morgan fingerprint density at radius 2 is 1.67 bits per heavy atom. The van der Waals surface area contributed by atoms with Crippen LogP contribution in [0.4, 0.5) is 4.39 Å². The third-order valence-electron chi connectivity index (χ3n) is 4.21. The predicted octanol–water partition coefficient (Wildman–Crippen LogP) is 6.15. The molecule has 1 heterocycles. The van der Waals surface area contributed by atoms with Crippen LogP contribution in [0.5, 0.6) is 5.75 Å². The lowest BCUT2D eigenvalue weighted by atomic mass is 10.1. The number of ether oxygens (including phenoxy) is 1. The van der Waals surface area contributed by atoms with E-state index in [4.69, 9.17) is 4.74 Å². The Hall–Kier alpha value is -2.85. The maximum atomic E-state index is 13.9. The molecule has 0 atom stereocenters. The molecule has 0 saturated heterocycles. The molecule has 134 valence electrons. The molecule has 0 bridgehead atoms. The zero-order valence-corrected chi connectivity index (χ0v) is 15.5. The fraction of sp³-hybridized carbons (Fsp3) is 0.0870. The van der Waals surface area contributed by atoms with Gasteiger partial charge < -0.3 is 4.74 Å². The summed E-state index contributed by atoms with van der Waals surface area (Å²) in [5.74, 6) is 0.331. The predicted molar refractivity (Wildman–Crippen MR) is 108 cm³/mol. The normalized spacial score (nSPS) is 10.9. The molecule has 4 aromatic rings. The van der Waals surface area contributed by atoms with E-state index in [0.717, 1.165) is 6.42 Å². The summed E-state index contributed by atoms with van der Waals surface area (Å²) in [7, 11) is 0. The van der Waals surface area contributed by atoms with E-state index in [2.05, 4.69) is 41.4 Å². The Bertz CT molecular complexity index is 1050. The van der Waals surface area contributed by atoms with Gasteiger partial charge in [0.1, 0.15) is 17.1 Å². The van der Waals surface area contributed by atoms with Crippen molar-refractivity contribution in [3.8, 4) is 5.75 Å². The highest BCUT2D eigenvalue weighted by molar-refractivity contribution is 7.99. The number of benzene rings is 3. The molecule has 0 amide bonds. The quantitative estimate of drug-likeness (QED) is 0.404. The Balaban J connectivity index is 1.43. The summed E-state index contributed by atoms with van der Waals surface area (Å²) in [6.45, 7) is 0.523. The Kier molecular flexibility index (Phi) is 5.35. The number of rotatable bonds is 6. The van der Waals surface area contributed by atoms with Crippen LogP contribution in [0.3, 0.4) is 0 Å². The summed E-state index contributed by atoms with van der Waals surface area (Å²) < 4.78 is 19.8. The van der Waals surface area contributed by atoms with Crippen LogP contribution >= 0.6 is 11.8 Å². The van der Waals surface area contributed by atoms with Gasteiger partial charge in [0, 0.05) is 27.8 Å². The first kappa shape index (κ1) is 17.6. The minimum atomic E-state index is -0.330. The average molecular weight is 375 g/mol. The molecule has 27 heavy (non-hydrogen) atoms. The lowest BCUT2D eigenvalue weighted by molar-refractivity contribution is 0.325. The number of hydrogen-bond acceptors (Lipinski definition) is 3. The maximum absolute atomic E-state index is 13.9. The van der Waals surface area contributed by atoms with Crippen molar-refractivity contribution in [2.45, 2.75) is 16.2 Å². The van der Waals surface area contributed by atoms with Crippen molar-refractivity contribution in [3.63, 3.8) is 0 Å². The lowest BCUT2D eigenvalue weighted by Crippen LogP contribution is -2.02. The van der Waals surface area contributed by atoms with Gasteiger partial charge in [-0.15, -0.1) is 0 Å². The zero-order valence-electron chi connectivity index (χ0n) is 14.6. The molecule has 3 aromatic carbocycles. The molecule has 0 unspecified atom stereocenters. The summed E-state index contributed by atoms with van der Waals surface area (Å²) in [6.07, 6.45) is 2.36. The fourth-order valence-corrected chi connectivity index (χ4v) is 3.83. The minimum Gasteiger partial charge on any atom is -0.492 e. The fourth-order valence-electron chi connectivity index (χ4n) is 2.91. The van der Waals surface area contributed by atoms with Crippen molar-refractivity contribution in [3.05, 3.63) is 96.4 Å². The first-order chi connectivity index (χ1) is 13.3. The second-order valence-corrected chi connectivity index (χ2v) is 7.25. The molecule has 0 N–H and O–H groups in total. The molecular formula is C23H18FNOS. The summed E-state index contributed by atoms with van der Waals surface area (Å²) in [5.41, 5.74) is 1.55. The van der Waals surface area contributed by atoms with E-state index in [9.17, 15) is 4.39 Å². The second-order valence-electron chi connectivity index (χ2n) is 6.11. The van der Waals surface area contributed by atoms with Crippen LogP contribution in [-0.2, 0) is 6.42 Å². The van der Waals surface area contributed by atoms with Gasteiger partial charge in [-0.1, -0.05) is 48.2 Å². The highest BCUT2D eigenvalue weighted by Gasteiger charge is 2.07. The van der Waals surface area contributed by atoms with Gasteiger partial charge in [-0.2, -0.15) is 0 Å². The highest BCUT2D eigenvalue weighted by atomic mass is 32.2. The number of para-hydroxylation sites is 1. The lowest BCUT2D eigenvalue weighted by Gasteiger charge is -2.10. The first-order valence-corrected chi connectivity index (χ1v) is 9.59. The number of pyridine rings is 1. The Morgan fingerprint density at radius 3 is 2.56 bits per heavy atom. The van der Waals surface area contributed by atoms with Crippen LogP contribution < -0.4 is 4.74 Å². The number of fused-ring (bicyclic) bond motifs is 1. The van der Waals surface area contributed by atoms with Crippen molar-refractivity contribution in [1.29, 1.82) is 0 Å². The van der Waals surface area contributed by atoms with E-state index < -0.39 is 0 Å². The highest BCUT2D eigenvalue weighted by Crippen LogP contribution is 2.28. The summed E-state index contributed by atoms with van der Waals surface area (Å²) in [4.78, 5) is 6.52. The van der Waals surface area contributed by atoms with Crippen LogP contribution in [0, 0.1) is 5.82 Å². The van der Waals surface area contributed by atoms with E-state index in [0.29, 0.717) is 23.3 Å². The summed E-state index contributed by atoms with van der Waals surface area (Å²) in [5, 5.41) is 0.700. The van der Waals surface area contributed by atoms with E-state index >= 15 is 0 Å². The maximum Gasteiger partial charge on any atom is 0.149 e. The van der Waals surface area contributed by atoms with Crippen LogP contribution in [0.1, 0.15) is 5.56 Å². The molecule has 4 heteroatoms. The van der Waals surface area contributed by atoms with Gasteiger partial charge in [0.2, 0.25) is 0 Å². The number of halogens is 1. The second kappa shape index (κ2) is 8.23. The molecule has 2 nitrogen and oxygen atoms in total. The first-order valence-electron chi connectivity index (χ1n) is 8.77. The molecule has 0 spiro atoms. The Morgan fingerprint density at radius 1 is 0.852 bits per heavy atom. The molecule has 0 aliphatic rings. The van der Waals surface area contributed by atoms with Crippen molar-refractivity contribution in [2.75, 3.05) is 6.61 Å². The molecule has 0 radical (unpaired) electrons. The van der Waals surface area contributed by atoms with Crippen LogP contribution in [-0.4, -0.2) is 11.6 Å². The van der Waals surface area contributed by atoms with Crippen LogP contribution in [0.25, 0.3) is 10.9 Å². The van der Waals surface area contributed by atoms with Gasteiger partial charge in [0.05, 0.1) is 6.61 Å². The molecule has 0 aliphatic heterocycles. The number of hydrogen-bond donors (Lipinski definition) is 0. The largest absolute Gasteiger partial charge is 0.492 e. The smallest absolute Gasteiger partial charge is 0.149 e. The van der Waals surface area contributed by atoms with E-state index in [1.165, 1.54) is 21.4 Å². The standard InChI is InChI=1S/C23H18FNOS/c24-21-11-5-10-20-22(12-14-25-23(20)21)26-15-13-17-6-4-9-19(16-17)27-18-7-2-1-3-8-18/h1-12,14,16H,13,15H2. The molecule has 1 aromatic heterocycles. The van der Waals surface area contributed by atoms with Crippen molar-refractivity contribution in [2.24, 2.45) is 0 Å². The average Bonchev–Trinajstić information content (AvgIpc) is 2.70. The van der Waals surface area contributed by atoms with E-state index in [1.807, 2.05) is 24.3 Å². The van der Waals surface area contributed by atoms with Crippen molar-refractivity contribution in [1.82, 2.24) is 4.98 Å². The SMILES string of the molecule is Fc1cccc2c(OCCc3cccc(Sc4ccccc4)c3)ccnc12. The van der Waals surface area contributed by atoms with Gasteiger partial charge in [0.15, 0.2) is 0 Å². The third kappa shape index (κ3) is 4.29.